The molecule has 0 saturated heterocycles. The van der Waals surface area contributed by atoms with Gasteiger partial charge in [-0.3, -0.25) is 18.7 Å². The lowest BCUT2D eigenvalue weighted by atomic mass is 10.2. The highest BCUT2D eigenvalue weighted by molar-refractivity contribution is 5.94. The fourth-order valence-corrected chi connectivity index (χ4v) is 3.32. The number of carbonyl (C=O) groups excluding carboxylic acids is 2. The summed E-state index contributed by atoms with van der Waals surface area (Å²) in [7, 11) is 4.73. The Balaban J connectivity index is 1.78. The van der Waals surface area contributed by atoms with Crippen LogP contribution in [-0.2, 0) is 28.4 Å². The average Bonchev–Trinajstić information content (AvgIpc) is 2.97. The molecule has 1 heterocycles. The number of aryl methyl sites for hydroxylation is 2. The smallest absolute Gasteiger partial charge is 0.328 e. The van der Waals surface area contributed by atoms with Crippen LogP contribution >= 0.6 is 0 Å². The predicted molar refractivity (Wildman–Crippen MR) is 120 cm³/mol. The number of rotatable bonds is 9. The molecular formula is C23H27N3O6. The lowest BCUT2D eigenvalue weighted by molar-refractivity contribution is -0.140. The molecule has 1 aromatic heterocycles. The minimum absolute atomic E-state index is 0.173. The number of nitrogens with zero attached hydrogens (tertiary/aromatic N) is 2. The van der Waals surface area contributed by atoms with E-state index in [0.29, 0.717) is 59.8 Å². The minimum atomic E-state index is -0.251. The predicted octanol–water partition coefficient (Wildman–Crippen LogP) is 3.35. The van der Waals surface area contributed by atoms with E-state index in [1.807, 2.05) is 6.07 Å². The molecule has 0 aliphatic carbocycles. The lowest BCUT2D eigenvalue weighted by Crippen LogP contribution is -2.19. The maximum absolute atomic E-state index is 12.3. The molecule has 3 rings (SSSR count). The van der Waals surface area contributed by atoms with Gasteiger partial charge in [0.2, 0.25) is 5.91 Å². The van der Waals surface area contributed by atoms with Crippen LogP contribution < -0.4 is 20.5 Å². The summed E-state index contributed by atoms with van der Waals surface area (Å²) in [6, 6.07) is 10.6. The maximum atomic E-state index is 12.3. The molecule has 3 aromatic rings. The largest absolute Gasteiger partial charge is 0.493 e. The van der Waals surface area contributed by atoms with Gasteiger partial charge in [0, 0.05) is 39.6 Å². The Morgan fingerprint density at radius 3 is 2.38 bits per heavy atom. The van der Waals surface area contributed by atoms with Gasteiger partial charge < -0.3 is 19.5 Å². The first-order valence-corrected chi connectivity index (χ1v) is 10.2. The van der Waals surface area contributed by atoms with Gasteiger partial charge >= 0.3 is 11.7 Å². The summed E-state index contributed by atoms with van der Waals surface area (Å²) in [6.07, 6.45) is 1.75. The number of esters is 1. The number of ether oxygens (including phenoxy) is 3. The zero-order valence-electron chi connectivity index (χ0n) is 18.6. The summed E-state index contributed by atoms with van der Waals surface area (Å²) in [4.78, 5) is 35.2. The van der Waals surface area contributed by atoms with E-state index in [9.17, 15) is 14.4 Å². The van der Waals surface area contributed by atoms with Crippen LogP contribution in [0.1, 0.15) is 26.2 Å². The van der Waals surface area contributed by atoms with Crippen LogP contribution in [-0.4, -0.2) is 34.7 Å². The molecule has 170 valence electrons. The van der Waals surface area contributed by atoms with Gasteiger partial charge in [0.15, 0.2) is 5.75 Å². The van der Waals surface area contributed by atoms with Crippen LogP contribution in [0.2, 0.25) is 0 Å². The van der Waals surface area contributed by atoms with Crippen LogP contribution in [0.25, 0.3) is 11.0 Å². The van der Waals surface area contributed by atoms with Crippen molar-refractivity contribution in [2.75, 3.05) is 19.0 Å². The highest BCUT2D eigenvalue weighted by Crippen LogP contribution is 2.34. The zero-order valence-corrected chi connectivity index (χ0v) is 18.6. The lowest BCUT2D eigenvalue weighted by Gasteiger charge is -2.14. The number of benzene rings is 2. The summed E-state index contributed by atoms with van der Waals surface area (Å²) in [5.74, 6) is 1.06. The number of imidazole rings is 1. The van der Waals surface area contributed by atoms with Crippen LogP contribution in [0.5, 0.6) is 17.2 Å². The fraction of sp³-hybridized carbons (Fsp3) is 0.348. The van der Waals surface area contributed by atoms with E-state index < -0.39 is 0 Å². The first-order chi connectivity index (χ1) is 15.3. The van der Waals surface area contributed by atoms with Gasteiger partial charge in [0.25, 0.3) is 0 Å². The second-order valence-corrected chi connectivity index (χ2v) is 7.38. The first kappa shape index (κ1) is 22.9. The van der Waals surface area contributed by atoms with E-state index in [4.69, 9.17) is 9.47 Å². The molecule has 0 spiro atoms. The zero-order chi connectivity index (χ0) is 23.3. The third kappa shape index (κ3) is 5.29. The molecule has 0 unspecified atom stereocenters. The number of anilines is 1. The second-order valence-electron chi connectivity index (χ2n) is 7.38. The van der Waals surface area contributed by atoms with E-state index in [1.54, 1.807) is 44.4 Å². The Morgan fingerprint density at radius 1 is 1.00 bits per heavy atom. The van der Waals surface area contributed by atoms with Crippen molar-refractivity contribution in [1.82, 2.24) is 9.13 Å². The van der Waals surface area contributed by atoms with Crippen LogP contribution in [0, 0.1) is 0 Å². The van der Waals surface area contributed by atoms with E-state index in [1.165, 1.54) is 23.2 Å². The van der Waals surface area contributed by atoms with Crippen molar-refractivity contribution >= 4 is 28.6 Å². The molecule has 1 amide bonds. The van der Waals surface area contributed by atoms with E-state index in [-0.39, 0.29) is 17.6 Å². The monoisotopic (exact) mass is 441 g/mol. The highest BCUT2D eigenvalue weighted by Gasteiger charge is 2.15. The van der Waals surface area contributed by atoms with E-state index >= 15 is 0 Å². The Hall–Kier alpha value is -3.75. The molecule has 9 nitrogen and oxygen atoms in total. The molecule has 0 bridgehead atoms. The number of carbonyl (C=O) groups is 2. The van der Waals surface area contributed by atoms with Crippen molar-refractivity contribution in [2.45, 2.75) is 26.2 Å². The third-order valence-electron chi connectivity index (χ3n) is 4.99. The molecular weight excluding hydrogens is 414 g/mol. The number of methoxy groups -OCH3 is 1. The third-order valence-corrected chi connectivity index (χ3v) is 4.99. The molecule has 9 heteroatoms. The quantitative estimate of drug-likeness (QED) is 0.404. The van der Waals surface area contributed by atoms with Crippen molar-refractivity contribution < 1.29 is 23.8 Å². The SMILES string of the molecule is COC(=O)CCCCOc1cccc(Oc2cc3c(cc2NC(C)=O)n(C)c(=O)n3C)c1. The minimum Gasteiger partial charge on any atom is -0.493 e. The molecule has 0 aliphatic rings. The summed E-state index contributed by atoms with van der Waals surface area (Å²) in [6.45, 7) is 1.86. The van der Waals surface area contributed by atoms with Crippen LogP contribution in [0.4, 0.5) is 5.69 Å². The maximum Gasteiger partial charge on any atom is 0.328 e. The van der Waals surface area contributed by atoms with Crippen LogP contribution in [0.15, 0.2) is 41.2 Å². The van der Waals surface area contributed by atoms with Gasteiger partial charge in [0.05, 0.1) is 30.4 Å². The van der Waals surface area contributed by atoms with Gasteiger partial charge in [-0.05, 0) is 31.0 Å². The molecule has 0 fully saturated rings. The van der Waals surface area contributed by atoms with Crippen molar-refractivity contribution in [3.8, 4) is 17.2 Å². The Kier molecular flexibility index (Phi) is 7.19. The van der Waals surface area contributed by atoms with Gasteiger partial charge in [-0.2, -0.15) is 0 Å². The molecule has 0 radical (unpaired) electrons. The number of fused-ring (bicyclic) bond motifs is 1. The molecule has 0 atom stereocenters. The topological polar surface area (TPSA) is 101 Å². The number of unbranched alkanes of at least 4 members (excludes halogenated alkanes) is 1. The number of hydrogen-bond acceptors (Lipinski definition) is 6. The van der Waals surface area contributed by atoms with Crippen LogP contribution in [0.3, 0.4) is 0 Å². The van der Waals surface area contributed by atoms with Gasteiger partial charge in [-0.15, -0.1) is 0 Å². The van der Waals surface area contributed by atoms with Crippen molar-refractivity contribution in [3.05, 3.63) is 46.9 Å². The normalized spacial score (nSPS) is 10.8. The number of hydrogen-bond donors (Lipinski definition) is 1. The average molecular weight is 441 g/mol. The summed E-state index contributed by atoms with van der Waals surface area (Å²) >= 11 is 0. The highest BCUT2D eigenvalue weighted by atomic mass is 16.5. The number of aromatic nitrogens is 2. The molecule has 0 aliphatic heterocycles. The summed E-state index contributed by atoms with van der Waals surface area (Å²) in [5.41, 5.74) is 1.64. The van der Waals surface area contributed by atoms with Gasteiger partial charge in [0.1, 0.15) is 11.5 Å². The van der Waals surface area contributed by atoms with Crippen molar-refractivity contribution in [2.24, 2.45) is 14.1 Å². The van der Waals surface area contributed by atoms with E-state index in [2.05, 4.69) is 10.1 Å². The van der Waals surface area contributed by atoms with Crippen molar-refractivity contribution in [3.63, 3.8) is 0 Å². The summed E-state index contributed by atoms with van der Waals surface area (Å²) < 4.78 is 19.5. The van der Waals surface area contributed by atoms with Gasteiger partial charge in [-0.1, -0.05) is 6.07 Å². The first-order valence-electron chi connectivity index (χ1n) is 10.2. The molecule has 0 saturated carbocycles. The second kappa shape index (κ2) is 10.0. The van der Waals surface area contributed by atoms with Crippen molar-refractivity contribution in [1.29, 1.82) is 0 Å². The molecule has 32 heavy (non-hydrogen) atoms. The van der Waals surface area contributed by atoms with Gasteiger partial charge in [-0.25, -0.2) is 4.79 Å². The molecule has 2 aromatic carbocycles. The standard InChI is InChI=1S/C23H27N3O6/c1-15(27)24-18-13-19-20(26(3)23(29)25(19)2)14-21(18)32-17-9-7-8-16(12-17)31-11-6-5-10-22(28)30-4/h7-9,12-14H,5-6,10-11H2,1-4H3,(H,24,27). The Bertz CT molecular complexity index is 1190. The fourth-order valence-electron chi connectivity index (χ4n) is 3.32. The summed E-state index contributed by atoms with van der Waals surface area (Å²) in [5, 5.41) is 2.76. The Labute approximate surface area is 185 Å². The number of amides is 1. The molecule has 1 N–H and O–H groups in total. The number of nitrogens with one attached hydrogen (secondary N) is 1. The Morgan fingerprint density at radius 2 is 1.69 bits per heavy atom. The van der Waals surface area contributed by atoms with E-state index in [0.717, 1.165) is 0 Å².